The summed E-state index contributed by atoms with van der Waals surface area (Å²) in [4.78, 5) is 4.58. The van der Waals surface area contributed by atoms with Gasteiger partial charge in [-0.15, -0.1) is 0 Å². The standard InChI is InChI=1S/C16H13NSe/c1-3-8-14(9-4-1)17(16-12-7-13-18-16)15-10-5-2-6-11-15/h1-13H. The number of hydrogen-bond acceptors (Lipinski definition) is 1. The number of para-hydroxylation sites is 2. The molecular weight excluding hydrogens is 285 g/mol. The predicted octanol–water partition coefficient (Wildman–Crippen LogP) is 4.21. The minimum atomic E-state index is 0.422. The summed E-state index contributed by atoms with van der Waals surface area (Å²) in [6, 6.07) is 25.4. The Kier molecular flexibility index (Phi) is 3.31. The van der Waals surface area contributed by atoms with Crippen LogP contribution in [-0.4, -0.2) is 14.5 Å². The van der Waals surface area contributed by atoms with E-state index in [0.29, 0.717) is 14.5 Å². The minimum absolute atomic E-state index is 0.422. The van der Waals surface area contributed by atoms with Crippen molar-refractivity contribution < 1.29 is 0 Å². The number of rotatable bonds is 3. The molecule has 0 saturated carbocycles. The zero-order valence-corrected chi connectivity index (χ0v) is 11.6. The quantitative estimate of drug-likeness (QED) is 0.655. The molecule has 0 atom stereocenters. The van der Waals surface area contributed by atoms with Crippen LogP contribution in [0, 0.1) is 0 Å². The van der Waals surface area contributed by atoms with E-state index in [-0.39, 0.29) is 0 Å². The van der Waals surface area contributed by atoms with Crippen molar-refractivity contribution in [3.63, 3.8) is 0 Å². The van der Waals surface area contributed by atoms with Gasteiger partial charge in [-0.3, -0.25) is 0 Å². The normalized spacial score (nSPS) is 10.2. The number of nitrogens with zero attached hydrogens (tertiary/aromatic N) is 1. The summed E-state index contributed by atoms with van der Waals surface area (Å²) in [6.07, 6.45) is 0. The molecule has 1 nitrogen and oxygen atoms in total. The molecule has 18 heavy (non-hydrogen) atoms. The average molecular weight is 298 g/mol. The molecule has 0 aliphatic heterocycles. The molecule has 0 aliphatic carbocycles. The van der Waals surface area contributed by atoms with Crippen molar-refractivity contribution in [1.29, 1.82) is 0 Å². The Morgan fingerprint density at radius 2 is 1.17 bits per heavy atom. The van der Waals surface area contributed by atoms with Gasteiger partial charge >= 0.3 is 113 Å². The summed E-state index contributed by atoms with van der Waals surface area (Å²) in [5, 5.41) is 0. The number of anilines is 3. The third-order valence-corrected chi connectivity index (χ3v) is 4.55. The molecule has 0 N–H and O–H groups in total. The summed E-state index contributed by atoms with van der Waals surface area (Å²) < 4.78 is 1.37. The SMILES string of the molecule is c1ccc(N(c2ccccc2)c2ccc[se]2)cc1. The Hall–Kier alpha value is -1.76. The fourth-order valence-electron chi connectivity index (χ4n) is 1.95. The van der Waals surface area contributed by atoms with Crippen molar-refractivity contribution in [3.05, 3.63) is 77.7 Å². The second-order valence-corrected chi connectivity index (χ2v) is 5.90. The number of hydrogen-bond donors (Lipinski definition) is 0. The first-order chi connectivity index (χ1) is 8.95. The third-order valence-electron chi connectivity index (χ3n) is 2.76. The molecule has 0 aliphatic rings. The first-order valence-corrected chi connectivity index (χ1v) is 7.73. The van der Waals surface area contributed by atoms with Crippen LogP contribution in [-0.2, 0) is 0 Å². The van der Waals surface area contributed by atoms with Crippen LogP contribution in [0.5, 0.6) is 0 Å². The zero-order valence-electron chi connectivity index (χ0n) is 9.86. The predicted molar refractivity (Wildman–Crippen MR) is 78.1 cm³/mol. The van der Waals surface area contributed by atoms with Gasteiger partial charge in [0.2, 0.25) is 0 Å². The van der Waals surface area contributed by atoms with Crippen LogP contribution >= 0.6 is 0 Å². The summed E-state index contributed by atoms with van der Waals surface area (Å²) in [5.41, 5.74) is 2.45. The molecule has 3 aromatic rings. The maximum atomic E-state index is 2.33. The van der Waals surface area contributed by atoms with E-state index < -0.39 is 0 Å². The second kappa shape index (κ2) is 5.26. The van der Waals surface area contributed by atoms with Gasteiger partial charge in [0, 0.05) is 0 Å². The van der Waals surface area contributed by atoms with E-state index in [9.17, 15) is 0 Å². The van der Waals surface area contributed by atoms with E-state index in [4.69, 9.17) is 0 Å². The van der Waals surface area contributed by atoms with Crippen LogP contribution in [0.2, 0.25) is 0 Å². The fraction of sp³-hybridized carbons (Fsp3) is 0. The maximum absolute atomic E-state index is 2.33. The van der Waals surface area contributed by atoms with E-state index in [0.717, 1.165) is 0 Å². The van der Waals surface area contributed by atoms with Gasteiger partial charge in [0.15, 0.2) is 0 Å². The van der Waals surface area contributed by atoms with Gasteiger partial charge in [-0.25, -0.2) is 0 Å². The molecule has 0 fully saturated rings. The third kappa shape index (κ3) is 2.26. The Balaban J connectivity index is 2.11. The van der Waals surface area contributed by atoms with Crippen LogP contribution in [0.4, 0.5) is 15.9 Å². The van der Waals surface area contributed by atoms with E-state index in [2.05, 4.69) is 82.6 Å². The Morgan fingerprint density at radius 1 is 0.611 bits per heavy atom. The van der Waals surface area contributed by atoms with Crippen LogP contribution in [0.1, 0.15) is 0 Å². The van der Waals surface area contributed by atoms with Crippen LogP contribution in [0.15, 0.2) is 77.7 Å². The van der Waals surface area contributed by atoms with E-state index in [1.165, 1.54) is 15.9 Å². The molecule has 2 aromatic carbocycles. The van der Waals surface area contributed by atoms with Gasteiger partial charge in [0.05, 0.1) is 0 Å². The van der Waals surface area contributed by atoms with Crippen LogP contribution in [0.3, 0.4) is 0 Å². The molecule has 0 bridgehead atoms. The Morgan fingerprint density at radius 3 is 1.61 bits per heavy atom. The van der Waals surface area contributed by atoms with Gasteiger partial charge < -0.3 is 0 Å². The van der Waals surface area contributed by atoms with Gasteiger partial charge in [-0.05, 0) is 0 Å². The summed E-state index contributed by atoms with van der Waals surface area (Å²) in [5.74, 6) is 0. The molecule has 2 heteroatoms. The molecule has 1 aromatic heterocycles. The monoisotopic (exact) mass is 299 g/mol. The van der Waals surface area contributed by atoms with Crippen molar-refractivity contribution in [1.82, 2.24) is 0 Å². The Labute approximate surface area is 113 Å². The molecular formula is C16H13NSe. The molecule has 0 saturated heterocycles. The average Bonchev–Trinajstić information content (AvgIpc) is 2.95. The topological polar surface area (TPSA) is 3.24 Å². The molecule has 0 unspecified atom stereocenters. The zero-order chi connectivity index (χ0) is 12.2. The summed E-state index contributed by atoms with van der Waals surface area (Å²) in [6.45, 7) is 0. The van der Waals surface area contributed by atoms with Crippen molar-refractivity contribution in [2.45, 2.75) is 0 Å². The van der Waals surface area contributed by atoms with Crippen LogP contribution in [0.25, 0.3) is 0 Å². The summed E-state index contributed by atoms with van der Waals surface area (Å²) in [7, 11) is 0. The van der Waals surface area contributed by atoms with Crippen molar-refractivity contribution in [2.75, 3.05) is 4.90 Å². The number of benzene rings is 2. The van der Waals surface area contributed by atoms with E-state index in [1.807, 2.05) is 0 Å². The molecule has 88 valence electrons. The molecule has 0 amide bonds. The van der Waals surface area contributed by atoms with E-state index in [1.54, 1.807) is 0 Å². The molecule has 1 heterocycles. The molecule has 0 radical (unpaired) electrons. The van der Waals surface area contributed by atoms with Crippen molar-refractivity contribution in [2.24, 2.45) is 0 Å². The van der Waals surface area contributed by atoms with Gasteiger partial charge in [-0.1, -0.05) is 0 Å². The van der Waals surface area contributed by atoms with E-state index >= 15 is 0 Å². The first-order valence-electron chi connectivity index (χ1n) is 5.89. The second-order valence-electron chi connectivity index (χ2n) is 3.96. The van der Waals surface area contributed by atoms with Gasteiger partial charge in [-0.2, -0.15) is 0 Å². The fourth-order valence-corrected chi connectivity index (χ4v) is 3.57. The van der Waals surface area contributed by atoms with Gasteiger partial charge in [0.1, 0.15) is 0 Å². The Bertz CT molecular complexity index is 548. The summed E-state index contributed by atoms with van der Waals surface area (Å²) >= 11 is 0.422. The molecule has 0 spiro atoms. The first kappa shape index (κ1) is 11.3. The van der Waals surface area contributed by atoms with Crippen LogP contribution < -0.4 is 4.90 Å². The van der Waals surface area contributed by atoms with Gasteiger partial charge in [0.25, 0.3) is 0 Å². The van der Waals surface area contributed by atoms with Crippen molar-refractivity contribution in [3.8, 4) is 0 Å². The van der Waals surface area contributed by atoms with Crippen molar-refractivity contribution >= 4 is 30.4 Å². The molecule has 3 rings (SSSR count).